The molecule has 1 aliphatic heterocycles. The Bertz CT molecular complexity index is 690. The van der Waals surface area contributed by atoms with Crippen LogP contribution in [0.15, 0.2) is 30.3 Å². The molecule has 6 nitrogen and oxygen atoms in total. The van der Waals surface area contributed by atoms with E-state index in [0.29, 0.717) is 45.2 Å². The molecular weight excluding hydrogens is 356 g/mol. The smallest absolute Gasteiger partial charge is 0.329 e. The van der Waals surface area contributed by atoms with Gasteiger partial charge < -0.3 is 15.3 Å². The van der Waals surface area contributed by atoms with Crippen LogP contribution in [-0.2, 0) is 20.8 Å². The van der Waals surface area contributed by atoms with Gasteiger partial charge in [0, 0.05) is 25.4 Å². The number of nitrogens with zero attached hydrogens (tertiary/aromatic N) is 1. The van der Waals surface area contributed by atoms with Crippen LogP contribution >= 0.6 is 0 Å². The van der Waals surface area contributed by atoms with Crippen molar-refractivity contribution in [3.05, 3.63) is 35.9 Å². The number of amides is 2. The van der Waals surface area contributed by atoms with Gasteiger partial charge in [0.2, 0.25) is 11.8 Å². The summed E-state index contributed by atoms with van der Waals surface area (Å²) in [5.41, 5.74) is 0.0504. The molecule has 1 aromatic carbocycles. The van der Waals surface area contributed by atoms with E-state index in [0.717, 1.165) is 31.2 Å². The first-order valence-electron chi connectivity index (χ1n) is 10.4. The van der Waals surface area contributed by atoms with Crippen molar-refractivity contribution >= 4 is 17.8 Å². The molecule has 1 saturated carbocycles. The first-order valence-corrected chi connectivity index (χ1v) is 10.4. The first kappa shape index (κ1) is 20.4. The molecule has 0 spiro atoms. The van der Waals surface area contributed by atoms with Crippen molar-refractivity contribution in [3.8, 4) is 0 Å². The van der Waals surface area contributed by atoms with Crippen molar-refractivity contribution in [2.75, 3.05) is 13.1 Å². The minimum Gasteiger partial charge on any atom is -0.480 e. The Morgan fingerprint density at radius 1 is 1.04 bits per heavy atom. The summed E-state index contributed by atoms with van der Waals surface area (Å²) in [4.78, 5) is 38.7. The predicted octanol–water partition coefficient (Wildman–Crippen LogP) is 2.76. The Morgan fingerprint density at radius 2 is 1.68 bits per heavy atom. The highest BCUT2D eigenvalue weighted by atomic mass is 16.4. The lowest BCUT2D eigenvalue weighted by Crippen LogP contribution is -2.57. The number of hydrogen-bond acceptors (Lipinski definition) is 3. The van der Waals surface area contributed by atoms with Crippen LogP contribution in [0.25, 0.3) is 0 Å². The SMILES string of the molecule is O=C(NC1(C(=O)O)CCCCC1)C1CCN(C(=O)CCc2ccccc2)CC1. The average molecular weight is 386 g/mol. The molecule has 2 fully saturated rings. The van der Waals surface area contributed by atoms with Gasteiger partial charge in [0.15, 0.2) is 0 Å². The number of aryl methyl sites for hydroxylation is 1. The molecule has 1 heterocycles. The van der Waals surface area contributed by atoms with Gasteiger partial charge in [-0.1, -0.05) is 49.6 Å². The minimum atomic E-state index is -1.10. The van der Waals surface area contributed by atoms with Gasteiger partial charge in [-0.05, 0) is 37.7 Å². The second-order valence-corrected chi connectivity index (χ2v) is 8.08. The van der Waals surface area contributed by atoms with Gasteiger partial charge in [-0.15, -0.1) is 0 Å². The van der Waals surface area contributed by atoms with Crippen LogP contribution in [0, 0.1) is 5.92 Å². The fraction of sp³-hybridized carbons (Fsp3) is 0.591. The summed E-state index contributed by atoms with van der Waals surface area (Å²) >= 11 is 0. The zero-order chi connectivity index (χ0) is 20.0. The zero-order valence-electron chi connectivity index (χ0n) is 16.4. The van der Waals surface area contributed by atoms with E-state index in [1.807, 2.05) is 35.2 Å². The molecule has 1 aromatic rings. The summed E-state index contributed by atoms with van der Waals surface area (Å²) in [5.74, 6) is -1.18. The molecule has 0 radical (unpaired) electrons. The van der Waals surface area contributed by atoms with E-state index in [1.165, 1.54) is 0 Å². The summed E-state index contributed by atoms with van der Waals surface area (Å²) in [5, 5.41) is 12.5. The van der Waals surface area contributed by atoms with Gasteiger partial charge in [0.25, 0.3) is 0 Å². The van der Waals surface area contributed by atoms with Crippen molar-refractivity contribution in [2.45, 2.75) is 63.3 Å². The number of rotatable bonds is 6. The molecular formula is C22H30N2O4. The maximum absolute atomic E-state index is 12.7. The Labute approximate surface area is 166 Å². The standard InChI is InChI=1S/C22H30N2O4/c25-19(10-9-17-7-3-1-4-8-17)24-15-11-18(12-16-24)20(26)23-22(21(27)28)13-5-2-6-14-22/h1,3-4,7-8,18H,2,5-6,9-16H2,(H,23,26)(H,27,28). The number of carbonyl (C=O) groups excluding carboxylic acids is 2. The molecule has 0 aromatic heterocycles. The van der Waals surface area contributed by atoms with Crippen molar-refractivity contribution < 1.29 is 19.5 Å². The van der Waals surface area contributed by atoms with Crippen molar-refractivity contribution in [1.29, 1.82) is 0 Å². The molecule has 6 heteroatoms. The Hall–Kier alpha value is -2.37. The number of carboxylic acid groups (broad SMARTS) is 1. The number of nitrogens with one attached hydrogen (secondary N) is 1. The number of aliphatic carboxylic acids is 1. The summed E-state index contributed by atoms with van der Waals surface area (Å²) in [6, 6.07) is 9.95. The second-order valence-electron chi connectivity index (χ2n) is 8.08. The normalized spacial score (nSPS) is 19.8. The van der Waals surface area contributed by atoms with E-state index in [2.05, 4.69) is 5.32 Å². The number of hydrogen-bond donors (Lipinski definition) is 2. The highest BCUT2D eigenvalue weighted by molar-refractivity contribution is 5.88. The topological polar surface area (TPSA) is 86.7 Å². The summed E-state index contributed by atoms with van der Waals surface area (Å²) < 4.78 is 0. The molecule has 1 saturated heterocycles. The van der Waals surface area contributed by atoms with Gasteiger partial charge in [0.1, 0.15) is 5.54 Å². The largest absolute Gasteiger partial charge is 0.480 e. The average Bonchev–Trinajstić information content (AvgIpc) is 2.73. The highest BCUT2D eigenvalue weighted by Gasteiger charge is 2.42. The molecule has 0 bridgehead atoms. The summed E-state index contributed by atoms with van der Waals surface area (Å²) in [6.07, 6.45) is 6.09. The Kier molecular flexibility index (Phi) is 6.70. The van der Waals surface area contributed by atoms with E-state index in [1.54, 1.807) is 0 Å². The van der Waals surface area contributed by atoms with E-state index >= 15 is 0 Å². The molecule has 2 N–H and O–H groups in total. The van der Waals surface area contributed by atoms with Crippen LogP contribution in [-0.4, -0.2) is 46.4 Å². The lowest BCUT2D eigenvalue weighted by atomic mass is 9.81. The molecule has 1 aliphatic carbocycles. The zero-order valence-corrected chi connectivity index (χ0v) is 16.4. The van der Waals surface area contributed by atoms with Gasteiger partial charge in [0.05, 0.1) is 0 Å². The van der Waals surface area contributed by atoms with Crippen molar-refractivity contribution in [1.82, 2.24) is 10.2 Å². The molecule has 28 heavy (non-hydrogen) atoms. The van der Waals surface area contributed by atoms with Crippen LogP contribution in [0.2, 0.25) is 0 Å². The fourth-order valence-corrected chi connectivity index (χ4v) is 4.33. The van der Waals surface area contributed by atoms with Crippen LogP contribution < -0.4 is 5.32 Å². The van der Waals surface area contributed by atoms with Crippen molar-refractivity contribution in [3.63, 3.8) is 0 Å². The number of benzene rings is 1. The van der Waals surface area contributed by atoms with Gasteiger partial charge in [-0.2, -0.15) is 0 Å². The number of carboxylic acids is 1. The Morgan fingerprint density at radius 3 is 2.29 bits per heavy atom. The van der Waals surface area contributed by atoms with Crippen LogP contribution in [0.4, 0.5) is 0 Å². The van der Waals surface area contributed by atoms with Gasteiger partial charge in [-0.3, -0.25) is 9.59 Å². The van der Waals surface area contributed by atoms with Gasteiger partial charge in [-0.25, -0.2) is 4.79 Å². The number of carbonyl (C=O) groups is 3. The van der Waals surface area contributed by atoms with E-state index in [9.17, 15) is 19.5 Å². The molecule has 0 atom stereocenters. The highest BCUT2D eigenvalue weighted by Crippen LogP contribution is 2.30. The predicted molar refractivity (Wildman–Crippen MR) is 106 cm³/mol. The van der Waals surface area contributed by atoms with Crippen molar-refractivity contribution in [2.24, 2.45) is 5.92 Å². The molecule has 3 rings (SSSR count). The summed E-state index contributed by atoms with van der Waals surface area (Å²) in [7, 11) is 0. The third-order valence-corrected chi connectivity index (χ3v) is 6.17. The summed E-state index contributed by atoms with van der Waals surface area (Å²) in [6.45, 7) is 1.12. The quantitative estimate of drug-likeness (QED) is 0.787. The second kappa shape index (κ2) is 9.22. The lowest BCUT2D eigenvalue weighted by Gasteiger charge is -2.37. The van der Waals surface area contributed by atoms with Crippen LogP contribution in [0.5, 0.6) is 0 Å². The van der Waals surface area contributed by atoms with Gasteiger partial charge >= 0.3 is 5.97 Å². The molecule has 2 amide bonds. The van der Waals surface area contributed by atoms with E-state index < -0.39 is 11.5 Å². The third kappa shape index (κ3) is 4.91. The monoisotopic (exact) mass is 386 g/mol. The first-order chi connectivity index (χ1) is 13.5. The fourth-order valence-electron chi connectivity index (χ4n) is 4.33. The van der Waals surface area contributed by atoms with E-state index in [-0.39, 0.29) is 17.7 Å². The van der Waals surface area contributed by atoms with Crippen LogP contribution in [0.3, 0.4) is 0 Å². The molecule has 152 valence electrons. The maximum Gasteiger partial charge on any atom is 0.329 e. The molecule has 0 unspecified atom stereocenters. The van der Waals surface area contributed by atoms with E-state index in [4.69, 9.17) is 0 Å². The van der Waals surface area contributed by atoms with Crippen LogP contribution in [0.1, 0.15) is 56.9 Å². The minimum absolute atomic E-state index is 0.122. The third-order valence-electron chi connectivity index (χ3n) is 6.17. The number of likely N-dealkylation sites (tertiary alicyclic amines) is 1. The number of piperidine rings is 1. The molecule has 2 aliphatic rings. The Balaban J connectivity index is 1.47. The maximum atomic E-state index is 12.7. The lowest BCUT2D eigenvalue weighted by molar-refractivity contribution is -0.150.